The number of ether oxygens (including phenoxy) is 1. The fraction of sp³-hybridized carbons (Fsp3) is 0.333. The number of halogens is 1. The summed E-state index contributed by atoms with van der Waals surface area (Å²) in [6.07, 6.45) is 1.65. The molecule has 1 atom stereocenters. The predicted molar refractivity (Wildman–Crippen MR) is 111 cm³/mol. The largest absolute Gasteiger partial charge is 0.469 e. The highest BCUT2D eigenvalue weighted by Crippen LogP contribution is 2.24. The number of carbonyl (C=O) groups is 2. The van der Waals surface area contributed by atoms with Crippen LogP contribution in [0.1, 0.15) is 54.0 Å². The maximum absolute atomic E-state index is 13.2. The minimum absolute atomic E-state index is 0.00232. The SMILES string of the molecule is COC(=O)C[C@@H](NC(=O)c1cc(C)nc2c1cnn2C(C)C)c1ccc(Cl)cc1. The molecule has 1 N–H and O–H groups in total. The Morgan fingerprint density at radius 3 is 2.55 bits per heavy atom. The van der Waals surface area contributed by atoms with E-state index in [1.165, 1.54) is 7.11 Å². The number of nitrogens with one attached hydrogen (secondary N) is 1. The van der Waals surface area contributed by atoms with E-state index in [0.29, 0.717) is 27.3 Å². The summed E-state index contributed by atoms with van der Waals surface area (Å²) in [5.74, 6) is -0.735. The third-order valence-electron chi connectivity index (χ3n) is 4.60. The monoisotopic (exact) mass is 414 g/mol. The van der Waals surface area contributed by atoms with E-state index in [1.54, 1.807) is 41.2 Å². The summed E-state index contributed by atoms with van der Waals surface area (Å²) in [4.78, 5) is 29.6. The van der Waals surface area contributed by atoms with E-state index in [2.05, 4.69) is 15.4 Å². The molecule has 1 amide bonds. The average Bonchev–Trinajstić information content (AvgIpc) is 3.11. The molecule has 0 saturated heterocycles. The molecule has 0 radical (unpaired) electrons. The number of carbonyl (C=O) groups excluding carboxylic acids is 2. The number of benzene rings is 1. The van der Waals surface area contributed by atoms with Gasteiger partial charge in [-0.25, -0.2) is 9.67 Å². The maximum Gasteiger partial charge on any atom is 0.307 e. The zero-order valence-corrected chi connectivity index (χ0v) is 17.5. The molecular formula is C21H23ClN4O3. The lowest BCUT2D eigenvalue weighted by Gasteiger charge is -2.19. The molecule has 2 aromatic heterocycles. The Morgan fingerprint density at radius 2 is 1.93 bits per heavy atom. The molecule has 7 nitrogen and oxygen atoms in total. The lowest BCUT2D eigenvalue weighted by Crippen LogP contribution is -2.30. The lowest BCUT2D eigenvalue weighted by molar-refractivity contribution is -0.141. The van der Waals surface area contributed by atoms with Gasteiger partial charge in [-0.3, -0.25) is 9.59 Å². The summed E-state index contributed by atoms with van der Waals surface area (Å²) in [6, 6.07) is 8.26. The van der Waals surface area contributed by atoms with Crippen molar-refractivity contribution in [3.05, 3.63) is 58.4 Å². The van der Waals surface area contributed by atoms with Crippen molar-refractivity contribution in [2.75, 3.05) is 7.11 Å². The molecule has 152 valence electrons. The van der Waals surface area contributed by atoms with Gasteiger partial charge in [-0.2, -0.15) is 5.10 Å². The van der Waals surface area contributed by atoms with Gasteiger partial charge in [-0.15, -0.1) is 0 Å². The molecule has 2 heterocycles. The van der Waals surface area contributed by atoms with Crippen molar-refractivity contribution in [1.82, 2.24) is 20.1 Å². The van der Waals surface area contributed by atoms with Gasteiger partial charge in [0.2, 0.25) is 0 Å². The molecule has 0 aliphatic rings. The molecule has 0 bridgehead atoms. The minimum Gasteiger partial charge on any atom is -0.469 e. The fourth-order valence-electron chi connectivity index (χ4n) is 3.14. The van der Waals surface area contributed by atoms with E-state index in [4.69, 9.17) is 16.3 Å². The highest BCUT2D eigenvalue weighted by Gasteiger charge is 2.22. The topological polar surface area (TPSA) is 86.1 Å². The first-order valence-electron chi connectivity index (χ1n) is 9.28. The Morgan fingerprint density at radius 1 is 1.24 bits per heavy atom. The smallest absolute Gasteiger partial charge is 0.307 e. The highest BCUT2D eigenvalue weighted by atomic mass is 35.5. The Labute approximate surface area is 174 Å². The van der Waals surface area contributed by atoms with Crippen LogP contribution < -0.4 is 5.32 Å². The van der Waals surface area contributed by atoms with Gasteiger partial charge in [-0.1, -0.05) is 23.7 Å². The standard InChI is InChI=1S/C21H23ClN4O3/c1-12(2)26-20-17(11-23-26)16(9-13(3)24-20)21(28)25-18(10-19(27)29-4)14-5-7-15(22)8-6-14/h5-9,11-12,18H,10H2,1-4H3,(H,25,28)/t18-/m1/s1. The molecule has 3 aromatic rings. The Bertz CT molecular complexity index is 1040. The number of esters is 1. The van der Waals surface area contributed by atoms with Crippen molar-refractivity contribution in [2.45, 2.75) is 39.3 Å². The van der Waals surface area contributed by atoms with Gasteiger partial charge in [0.15, 0.2) is 5.65 Å². The summed E-state index contributed by atoms with van der Waals surface area (Å²) in [5.41, 5.74) is 2.58. The summed E-state index contributed by atoms with van der Waals surface area (Å²) in [6.45, 7) is 5.84. The number of methoxy groups -OCH3 is 1. The van der Waals surface area contributed by atoms with Crippen LogP contribution in [-0.2, 0) is 9.53 Å². The maximum atomic E-state index is 13.2. The van der Waals surface area contributed by atoms with Crippen LogP contribution in [0.5, 0.6) is 0 Å². The van der Waals surface area contributed by atoms with E-state index >= 15 is 0 Å². The second-order valence-electron chi connectivity index (χ2n) is 7.09. The third kappa shape index (κ3) is 4.56. The van der Waals surface area contributed by atoms with Crippen molar-refractivity contribution < 1.29 is 14.3 Å². The van der Waals surface area contributed by atoms with Crippen LogP contribution in [0, 0.1) is 6.92 Å². The molecule has 0 unspecified atom stereocenters. The van der Waals surface area contributed by atoms with Crippen LogP contribution in [0.2, 0.25) is 5.02 Å². The van der Waals surface area contributed by atoms with Gasteiger partial charge in [0.1, 0.15) is 0 Å². The fourth-order valence-corrected chi connectivity index (χ4v) is 3.27. The van der Waals surface area contributed by atoms with Gasteiger partial charge in [0, 0.05) is 16.8 Å². The van der Waals surface area contributed by atoms with Gasteiger partial charge in [0.25, 0.3) is 5.91 Å². The lowest BCUT2D eigenvalue weighted by atomic mass is 10.0. The summed E-state index contributed by atoms with van der Waals surface area (Å²) >= 11 is 5.97. The number of hydrogen-bond donors (Lipinski definition) is 1. The van der Waals surface area contributed by atoms with Crippen LogP contribution >= 0.6 is 11.6 Å². The Hall–Kier alpha value is -2.93. The number of pyridine rings is 1. The van der Waals surface area contributed by atoms with Crippen molar-refractivity contribution in [2.24, 2.45) is 0 Å². The molecule has 0 saturated carbocycles. The number of amides is 1. The summed E-state index contributed by atoms with van der Waals surface area (Å²) in [7, 11) is 1.32. The number of aryl methyl sites for hydroxylation is 1. The van der Waals surface area contributed by atoms with Crippen LogP contribution in [0.25, 0.3) is 11.0 Å². The Balaban J connectivity index is 1.97. The second kappa shape index (κ2) is 8.61. The van der Waals surface area contributed by atoms with Gasteiger partial charge in [0.05, 0.1) is 36.7 Å². The van der Waals surface area contributed by atoms with Crippen LogP contribution in [0.15, 0.2) is 36.5 Å². The molecular weight excluding hydrogens is 392 g/mol. The molecule has 0 aliphatic carbocycles. The zero-order chi connectivity index (χ0) is 21.1. The zero-order valence-electron chi connectivity index (χ0n) is 16.8. The minimum atomic E-state index is -0.559. The van der Waals surface area contributed by atoms with Crippen molar-refractivity contribution in [3.63, 3.8) is 0 Å². The molecule has 0 aliphatic heterocycles. The van der Waals surface area contributed by atoms with Crippen molar-refractivity contribution in [1.29, 1.82) is 0 Å². The highest BCUT2D eigenvalue weighted by molar-refractivity contribution is 6.30. The van der Waals surface area contributed by atoms with E-state index < -0.39 is 12.0 Å². The van der Waals surface area contributed by atoms with Crippen molar-refractivity contribution >= 4 is 34.5 Å². The normalized spacial score (nSPS) is 12.2. The number of aromatic nitrogens is 3. The van der Waals surface area contributed by atoms with E-state index in [9.17, 15) is 9.59 Å². The predicted octanol–water partition coefficient (Wildman–Crippen LogP) is 4.01. The summed E-state index contributed by atoms with van der Waals surface area (Å²) in [5, 5.41) is 8.55. The molecule has 3 rings (SSSR count). The van der Waals surface area contributed by atoms with E-state index in [0.717, 1.165) is 5.56 Å². The second-order valence-corrected chi connectivity index (χ2v) is 7.53. The number of rotatable bonds is 6. The van der Waals surface area contributed by atoms with Gasteiger partial charge in [-0.05, 0) is 44.5 Å². The average molecular weight is 415 g/mol. The van der Waals surface area contributed by atoms with Crippen LogP contribution in [0.4, 0.5) is 0 Å². The first kappa shape index (κ1) is 20.8. The third-order valence-corrected chi connectivity index (χ3v) is 4.86. The molecule has 0 spiro atoms. The molecule has 0 fully saturated rings. The number of fused-ring (bicyclic) bond motifs is 1. The molecule has 8 heteroatoms. The van der Waals surface area contributed by atoms with E-state index in [1.807, 2.05) is 20.8 Å². The van der Waals surface area contributed by atoms with Crippen molar-refractivity contribution in [3.8, 4) is 0 Å². The first-order chi connectivity index (χ1) is 13.8. The number of nitrogens with zero attached hydrogens (tertiary/aromatic N) is 3. The number of hydrogen-bond acceptors (Lipinski definition) is 5. The quantitative estimate of drug-likeness (QED) is 0.616. The van der Waals surface area contributed by atoms with Gasteiger partial charge >= 0.3 is 5.97 Å². The molecule has 1 aromatic carbocycles. The summed E-state index contributed by atoms with van der Waals surface area (Å²) < 4.78 is 6.57. The van der Waals surface area contributed by atoms with E-state index in [-0.39, 0.29) is 18.4 Å². The Kier molecular flexibility index (Phi) is 6.17. The van der Waals surface area contributed by atoms with Gasteiger partial charge < -0.3 is 10.1 Å². The molecule has 29 heavy (non-hydrogen) atoms. The van der Waals surface area contributed by atoms with Crippen LogP contribution in [0.3, 0.4) is 0 Å². The van der Waals surface area contributed by atoms with Crippen LogP contribution in [-0.4, -0.2) is 33.8 Å². The first-order valence-corrected chi connectivity index (χ1v) is 9.66.